The van der Waals surface area contributed by atoms with Gasteiger partial charge in [-0.05, 0) is 12.3 Å². The topological polar surface area (TPSA) is 116 Å². The van der Waals surface area contributed by atoms with Gasteiger partial charge in [-0.2, -0.15) is 8.42 Å². The van der Waals surface area contributed by atoms with Crippen LogP contribution in [0.1, 0.15) is 20.3 Å². The second-order valence-corrected chi connectivity index (χ2v) is 5.29. The van der Waals surface area contributed by atoms with Gasteiger partial charge in [0.15, 0.2) is 0 Å². The van der Waals surface area contributed by atoms with E-state index in [1.165, 1.54) is 0 Å². The minimum atomic E-state index is -4.53. The quantitative estimate of drug-likeness (QED) is 0.463. The molecule has 0 radical (unpaired) electrons. The first-order valence-corrected chi connectivity index (χ1v) is 5.90. The van der Waals surface area contributed by atoms with Crippen molar-refractivity contribution in [3.63, 3.8) is 0 Å². The fourth-order valence-electron chi connectivity index (χ4n) is 1.29. The van der Waals surface area contributed by atoms with Gasteiger partial charge in [0, 0.05) is 6.21 Å². The fraction of sp³-hybridized carbons (Fsp3) is 0.750. The van der Waals surface area contributed by atoms with Crippen molar-refractivity contribution in [2.75, 3.05) is 0 Å². The zero-order valence-electron chi connectivity index (χ0n) is 8.54. The van der Waals surface area contributed by atoms with Crippen LogP contribution in [0.15, 0.2) is 0 Å². The standard InChI is InChI=1S/C8H15NO5S/c1-5(2)3-6(8(10)11)7(4-9)15(12,13)14/h4-7,9H,3H2,1-2H3,(H,10,11)(H,12,13,14). The summed E-state index contributed by atoms with van der Waals surface area (Å²) >= 11 is 0. The van der Waals surface area contributed by atoms with Gasteiger partial charge in [-0.25, -0.2) is 0 Å². The molecular weight excluding hydrogens is 222 g/mol. The first kappa shape index (κ1) is 14.1. The van der Waals surface area contributed by atoms with E-state index in [4.69, 9.17) is 15.1 Å². The minimum Gasteiger partial charge on any atom is -0.481 e. The Balaban J connectivity index is 5.04. The summed E-state index contributed by atoms with van der Waals surface area (Å²) in [5.41, 5.74) is 0. The maximum absolute atomic E-state index is 10.8. The highest BCUT2D eigenvalue weighted by molar-refractivity contribution is 7.87. The molecule has 0 aromatic heterocycles. The Kier molecular flexibility index (Phi) is 4.89. The fourth-order valence-corrected chi connectivity index (χ4v) is 2.11. The molecule has 0 aliphatic heterocycles. The third-order valence-corrected chi connectivity index (χ3v) is 3.10. The predicted octanol–water partition coefficient (Wildman–Crippen LogP) is 0.639. The molecular formula is C8H15NO5S. The average Bonchev–Trinajstić information content (AvgIpc) is 2.00. The molecule has 15 heavy (non-hydrogen) atoms. The van der Waals surface area contributed by atoms with E-state index in [2.05, 4.69) is 0 Å². The number of carboxylic acid groups (broad SMARTS) is 1. The Labute approximate surface area is 88.6 Å². The van der Waals surface area contributed by atoms with Crippen molar-refractivity contribution in [1.29, 1.82) is 5.41 Å². The van der Waals surface area contributed by atoms with Gasteiger partial charge in [0.05, 0.1) is 5.92 Å². The molecule has 0 aliphatic carbocycles. The van der Waals surface area contributed by atoms with Gasteiger partial charge in [-0.3, -0.25) is 9.35 Å². The molecule has 0 saturated carbocycles. The van der Waals surface area contributed by atoms with E-state index < -0.39 is 27.3 Å². The number of carboxylic acids is 1. The van der Waals surface area contributed by atoms with Crippen LogP contribution in [0.3, 0.4) is 0 Å². The second-order valence-electron chi connectivity index (χ2n) is 3.72. The molecule has 0 bridgehead atoms. The van der Waals surface area contributed by atoms with Gasteiger partial charge in [-0.1, -0.05) is 13.8 Å². The molecule has 0 spiro atoms. The van der Waals surface area contributed by atoms with Crippen LogP contribution in [-0.4, -0.2) is 35.5 Å². The van der Waals surface area contributed by atoms with Crippen molar-refractivity contribution < 1.29 is 22.9 Å². The van der Waals surface area contributed by atoms with Crippen LogP contribution < -0.4 is 0 Å². The molecule has 2 atom stereocenters. The zero-order valence-corrected chi connectivity index (χ0v) is 9.36. The van der Waals surface area contributed by atoms with Crippen molar-refractivity contribution >= 4 is 22.3 Å². The Bertz CT molecular complexity index is 335. The van der Waals surface area contributed by atoms with Crippen molar-refractivity contribution in [2.24, 2.45) is 11.8 Å². The molecule has 0 heterocycles. The van der Waals surface area contributed by atoms with Crippen molar-refractivity contribution in [3.8, 4) is 0 Å². The van der Waals surface area contributed by atoms with Crippen LogP contribution in [0.5, 0.6) is 0 Å². The third-order valence-electron chi connectivity index (χ3n) is 1.95. The minimum absolute atomic E-state index is 0.0321. The molecule has 6 nitrogen and oxygen atoms in total. The van der Waals surface area contributed by atoms with Crippen LogP contribution in [-0.2, 0) is 14.9 Å². The molecule has 3 N–H and O–H groups in total. The molecule has 0 aliphatic rings. The maximum atomic E-state index is 10.8. The first-order valence-electron chi connectivity index (χ1n) is 4.39. The summed E-state index contributed by atoms with van der Waals surface area (Å²) in [6.07, 6.45) is 0.547. The van der Waals surface area contributed by atoms with Gasteiger partial charge < -0.3 is 10.5 Å². The van der Waals surface area contributed by atoms with Gasteiger partial charge in [0.1, 0.15) is 5.25 Å². The highest BCUT2D eigenvalue weighted by atomic mass is 32.2. The predicted molar refractivity (Wildman–Crippen MR) is 54.7 cm³/mol. The Hall–Kier alpha value is -0.950. The monoisotopic (exact) mass is 237 g/mol. The lowest BCUT2D eigenvalue weighted by molar-refractivity contribution is -0.141. The molecule has 0 fully saturated rings. The number of aliphatic carboxylic acids is 1. The molecule has 0 saturated heterocycles. The smallest absolute Gasteiger partial charge is 0.308 e. The summed E-state index contributed by atoms with van der Waals surface area (Å²) in [4.78, 5) is 10.8. The lowest BCUT2D eigenvalue weighted by Crippen LogP contribution is -2.36. The summed E-state index contributed by atoms with van der Waals surface area (Å²) in [5.74, 6) is -2.64. The number of nitrogens with one attached hydrogen (secondary N) is 1. The molecule has 0 amide bonds. The summed E-state index contributed by atoms with van der Waals surface area (Å²) in [5, 5.41) is 14.0. The SMILES string of the molecule is CC(C)CC(C(=O)O)C(C=N)S(=O)(=O)O. The number of carbonyl (C=O) groups is 1. The lowest BCUT2D eigenvalue weighted by Gasteiger charge is -2.19. The Morgan fingerprint density at radius 1 is 1.47 bits per heavy atom. The Morgan fingerprint density at radius 2 is 1.93 bits per heavy atom. The highest BCUT2D eigenvalue weighted by Gasteiger charge is 2.35. The normalized spacial score (nSPS) is 16.0. The number of hydrogen-bond donors (Lipinski definition) is 3. The molecule has 7 heteroatoms. The van der Waals surface area contributed by atoms with E-state index in [1.54, 1.807) is 13.8 Å². The molecule has 0 aromatic carbocycles. The molecule has 0 rings (SSSR count). The zero-order chi connectivity index (χ0) is 12.2. The van der Waals surface area contributed by atoms with E-state index >= 15 is 0 Å². The van der Waals surface area contributed by atoms with Crippen LogP contribution in [0.2, 0.25) is 0 Å². The first-order chi connectivity index (χ1) is 6.70. The second kappa shape index (κ2) is 5.22. The van der Waals surface area contributed by atoms with Gasteiger partial charge >= 0.3 is 5.97 Å². The third kappa shape index (κ3) is 4.39. The summed E-state index contributed by atoms with van der Waals surface area (Å²) < 4.78 is 30.4. The summed E-state index contributed by atoms with van der Waals surface area (Å²) in [6, 6.07) is 0. The number of hydrogen-bond acceptors (Lipinski definition) is 4. The van der Waals surface area contributed by atoms with Crippen molar-refractivity contribution in [3.05, 3.63) is 0 Å². The maximum Gasteiger partial charge on any atom is 0.308 e. The molecule has 0 aromatic rings. The number of rotatable bonds is 6. The van der Waals surface area contributed by atoms with E-state index in [-0.39, 0.29) is 12.3 Å². The van der Waals surface area contributed by atoms with E-state index in [9.17, 15) is 13.2 Å². The van der Waals surface area contributed by atoms with E-state index in [0.29, 0.717) is 6.21 Å². The molecule has 2 unspecified atom stereocenters. The Morgan fingerprint density at radius 3 is 2.13 bits per heavy atom. The van der Waals surface area contributed by atoms with E-state index in [1.807, 2.05) is 0 Å². The van der Waals surface area contributed by atoms with Gasteiger partial charge in [-0.15, -0.1) is 0 Å². The van der Waals surface area contributed by atoms with Crippen LogP contribution in [0, 0.1) is 17.2 Å². The lowest BCUT2D eigenvalue weighted by atomic mass is 9.94. The van der Waals surface area contributed by atoms with Crippen molar-refractivity contribution in [2.45, 2.75) is 25.5 Å². The van der Waals surface area contributed by atoms with Crippen molar-refractivity contribution in [1.82, 2.24) is 0 Å². The molecule has 88 valence electrons. The average molecular weight is 237 g/mol. The van der Waals surface area contributed by atoms with Gasteiger partial charge in [0.25, 0.3) is 10.1 Å². The largest absolute Gasteiger partial charge is 0.481 e. The van der Waals surface area contributed by atoms with E-state index in [0.717, 1.165) is 0 Å². The van der Waals surface area contributed by atoms with Crippen LogP contribution >= 0.6 is 0 Å². The summed E-state index contributed by atoms with van der Waals surface area (Å²) in [6.45, 7) is 3.47. The van der Waals surface area contributed by atoms with Crippen LogP contribution in [0.4, 0.5) is 0 Å². The highest BCUT2D eigenvalue weighted by Crippen LogP contribution is 2.19. The van der Waals surface area contributed by atoms with Crippen LogP contribution in [0.25, 0.3) is 0 Å². The summed E-state index contributed by atoms with van der Waals surface area (Å²) in [7, 11) is -4.53. The van der Waals surface area contributed by atoms with Gasteiger partial charge in [0.2, 0.25) is 0 Å².